The highest BCUT2D eigenvalue weighted by atomic mass is 16.3. The smallest absolute Gasteiger partial charge is 0.0608 e. The van der Waals surface area contributed by atoms with Crippen LogP contribution in [0, 0.1) is 5.92 Å². The molecule has 0 spiro atoms. The van der Waals surface area contributed by atoms with Crippen molar-refractivity contribution in [2.45, 2.75) is 57.0 Å². The third-order valence-electron chi connectivity index (χ3n) is 5.26. The van der Waals surface area contributed by atoms with Crippen LogP contribution in [0.3, 0.4) is 0 Å². The van der Waals surface area contributed by atoms with E-state index in [0.717, 1.165) is 24.8 Å². The summed E-state index contributed by atoms with van der Waals surface area (Å²) < 4.78 is 0. The molecule has 3 unspecified atom stereocenters. The third kappa shape index (κ3) is 4.42. The molecule has 0 aromatic heterocycles. The molecule has 3 atom stereocenters. The summed E-state index contributed by atoms with van der Waals surface area (Å²) in [7, 11) is 2.30. The topological polar surface area (TPSA) is 52.7 Å². The highest BCUT2D eigenvalue weighted by Crippen LogP contribution is 2.29. The number of unbranched alkanes of at least 4 members (excludes halogenated alkanes) is 1. The second-order valence-corrected chi connectivity index (χ2v) is 7.31. The lowest BCUT2D eigenvalue weighted by molar-refractivity contribution is 0.0377. The van der Waals surface area contributed by atoms with E-state index in [-0.39, 0.29) is 12.1 Å². The van der Waals surface area contributed by atoms with E-state index in [1.165, 1.54) is 51.9 Å². The number of rotatable bonds is 6. The average Bonchev–Trinajstić information content (AvgIpc) is 2.44. The number of hydrogen-bond donors (Lipinski definition) is 2. The van der Waals surface area contributed by atoms with Crippen molar-refractivity contribution in [3.05, 3.63) is 0 Å². The van der Waals surface area contributed by atoms with E-state index in [1.54, 1.807) is 0 Å². The highest BCUT2D eigenvalue weighted by Gasteiger charge is 2.33. The van der Waals surface area contributed by atoms with E-state index in [1.807, 2.05) is 6.92 Å². The van der Waals surface area contributed by atoms with Gasteiger partial charge in [0, 0.05) is 18.1 Å². The van der Waals surface area contributed by atoms with Crippen molar-refractivity contribution in [3.8, 4) is 0 Å². The van der Waals surface area contributed by atoms with Gasteiger partial charge in [0.25, 0.3) is 0 Å². The predicted octanol–water partition coefficient (Wildman–Crippen LogP) is 1.28. The quantitative estimate of drug-likeness (QED) is 0.721. The molecule has 0 aromatic rings. The SMILES string of the molecule is CN1CCCC2CN(CCCCC(C)(N)CO)CCC21. The molecule has 0 aliphatic carbocycles. The molecule has 0 saturated carbocycles. The van der Waals surface area contributed by atoms with Crippen LogP contribution in [0.1, 0.15) is 45.4 Å². The number of aliphatic hydroxyl groups is 1. The van der Waals surface area contributed by atoms with E-state index >= 15 is 0 Å². The largest absolute Gasteiger partial charge is 0.394 e. The fourth-order valence-electron chi connectivity index (χ4n) is 3.87. The standard InChI is InChI=1S/C16H33N3O/c1-16(17,13-20)8-3-4-10-19-11-7-15-14(12-19)6-5-9-18(15)2/h14-15,20H,3-13,17H2,1-2H3. The zero-order valence-electron chi connectivity index (χ0n) is 13.4. The zero-order chi connectivity index (χ0) is 14.6. The molecule has 0 bridgehead atoms. The van der Waals surface area contributed by atoms with Gasteiger partial charge >= 0.3 is 0 Å². The fraction of sp³-hybridized carbons (Fsp3) is 1.00. The van der Waals surface area contributed by atoms with Gasteiger partial charge in [-0.05, 0) is 71.6 Å². The number of piperidine rings is 2. The lowest BCUT2D eigenvalue weighted by Crippen LogP contribution is -2.52. The molecular formula is C16H33N3O. The first-order valence-corrected chi connectivity index (χ1v) is 8.34. The molecule has 4 nitrogen and oxygen atoms in total. The van der Waals surface area contributed by atoms with E-state index in [0.29, 0.717) is 0 Å². The summed E-state index contributed by atoms with van der Waals surface area (Å²) in [5.74, 6) is 0.889. The molecule has 2 saturated heterocycles. The summed E-state index contributed by atoms with van der Waals surface area (Å²) in [6.45, 7) is 7.06. The van der Waals surface area contributed by atoms with Crippen molar-refractivity contribution in [1.29, 1.82) is 0 Å². The van der Waals surface area contributed by atoms with Crippen LogP contribution in [0.25, 0.3) is 0 Å². The van der Waals surface area contributed by atoms with Gasteiger partial charge in [0.15, 0.2) is 0 Å². The minimum Gasteiger partial charge on any atom is -0.394 e. The average molecular weight is 283 g/mol. The molecule has 2 aliphatic heterocycles. The lowest BCUT2D eigenvalue weighted by Gasteiger charge is -2.46. The molecule has 0 radical (unpaired) electrons. The third-order valence-corrected chi connectivity index (χ3v) is 5.26. The molecule has 2 fully saturated rings. The Morgan fingerprint density at radius 1 is 1.25 bits per heavy atom. The van der Waals surface area contributed by atoms with Gasteiger partial charge in [-0.15, -0.1) is 0 Å². The summed E-state index contributed by atoms with van der Waals surface area (Å²) in [4.78, 5) is 5.22. The van der Waals surface area contributed by atoms with Crippen LogP contribution >= 0.6 is 0 Å². The minimum atomic E-state index is -0.390. The van der Waals surface area contributed by atoms with Crippen LogP contribution < -0.4 is 5.73 Å². The Bertz CT molecular complexity index is 295. The molecular weight excluding hydrogens is 250 g/mol. The summed E-state index contributed by atoms with van der Waals surface area (Å²) in [6.07, 6.45) is 7.38. The maximum atomic E-state index is 9.16. The fourth-order valence-corrected chi connectivity index (χ4v) is 3.87. The maximum absolute atomic E-state index is 9.16. The Labute approximate surface area is 124 Å². The molecule has 0 aromatic carbocycles. The molecule has 4 heteroatoms. The van der Waals surface area contributed by atoms with E-state index in [4.69, 9.17) is 10.8 Å². The van der Waals surface area contributed by atoms with Gasteiger partial charge in [-0.1, -0.05) is 6.42 Å². The van der Waals surface area contributed by atoms with Crippen molar-refractivity contribution in [2.24, 2.45) is 11.7 Å². The summed E-state index contributed by atoms with van der Waals surface area (Å²) >= 11 is 0. The second kappa shape index (κ2) is 7.21. The molecule has 118 valence electrons. The molecule has 2 heterocycles. The highest BCUT2D eigenvalue weighted by molar-refractivity contribution is 4.89. The number of aliphatic hydroxyl groups excluding tert-OH is 1. The van der Waals surface area contributed by atoms with Crippen LogP contribution in [-0.4, -0.2) is 66.3 Å². The molecule has 2 rings (SSSR count). The van der Waals surface area contributed by atoms with Gasteiger partial charge in [-0.2, -0.15) is 0 Å². The van der Waals surface area contributed by atoms with E-state index in [2.05, 4.69) is 16.8 Å². The van der Waals surface area contributed by atoms with Crippen molar-refractivity contribution < 1.29 is 5.11 Å². The second-order valence-electron chi connectivity index (χ2n) is 7.31. The van der Waals surface area contributed by atoms with Crippen LogP contribution in [0.15, 0.2) is 0 Å². The minimum absolute atomic E-state index is 0.0901. The molecule has 2 aliphatic rings. The normalized spacial score (nSPS) is 31.8. The monoisotopic (exact) mass is 283 g/mol. The Morgan fingerprint density at radius 2 is 2.05 bits per heavy atom. The van der Waals surface area contributed by atoms with Gasteiger partial charge in [-0.25, -0.2) is 0 Å². The predicted molar refractivity (Wildman–Crippen MR) is 83.7 cm³/mol. The van der Waals surface area contributed by atoms with E-state index in [9.17, 15) is 0 Å². The maximum Gasteiger partial charge on any atom is 0.0608 e. The first-order valence-electron chi connectivity index (χ1n) is 8.34. The Balaban J connectivity index is 1.66. The molecule has 20 heavy (non-hydrogen) atoms. The Morgan fingerprint density at radius 3 is 2.80 bits per heavy atom. The van der Waals surface area contributed by atoms with Crippen molar-refractivity contribution in [3.63, 3.8) is 0 Å². The molecule has 3 N–H and O–H groups in total. The van der Waals surface area contributed by atoms with Crippen molar-refractivity contribution in [1.82, 2.24) is 9.80 Å². The Hall–Kier alpha value is -0.160. The van der Waals surface area contributed by atoms with Crippen molar-refractivity contribution >= 4 is 0 Å². The van der Waals surface area contributed by atoms with Crippen molar-refractivity contribution in [2.75, 3.05) is 39.8 Å². The van der Waals surface area contributed by atoms with Crippen LogP contribution in [0.2, 0.25) is 0 Å². The summed E-state index contributed by atoms with van der Waals surface area (Å²) in [5, 5.41) is 9.16. The van der Waals surface area contributed by atoms with E-state index < -0.39 is 0 Å². The number of hydrogen-bond acceptors (Lipinski definition) is 4. The number of nitrogens with zero attached hydrogens (tertiary/aromatic N) is 2. The summed E-state index contributed by atoms with van der Waals surface area (Å²) in [5.41, 5.74) is 5.58. The van der Waals surface area contributed by atoms with Crippen LogP contribution in [0.4, 0.5) is 0 Å². The molecule has 0 amide bonds. The van der Waals surface area contributed by atoms with Crippen LogP contribution in [0.5, 0.6) is 0 Å². The van der Waals surface area contributed by atoms with Gasteiger partial charge in [-0.3, -0.25) is 0 Å². The lowest BCUT2D eigenvalue weighted by atomic mass is 9.84. The Kier molecular flexibility index (Phi) is 5.84. The van der Waals surface area contributed by atoms with Crippen LogP contribution in [-0.2, 0) is 0 Å². The first kappa shape index (κ1) is 16.2. The number of nitrogens with two attached hydrogens (primary N) is 1. The van der Waals surface area contributed by atoms with Gasteiger partial charge < -0.3 is 20.6 Å². The first-order chi connectivity index (χ1) is 9.52. The zero-order valence-corrected chi connectivity index (χ0v) is 13.4. The summed E-state index contributed by atoms with van der Waals surface area (Å²) in [6, 6.07) is 0.835. The van der Waals surface area contributed by atoms with Gasteiger partial charge in [0.1, 0.15) is 0 Å². The number of fused-ring (bicyclic) bond motifs is 1. The van der Waals surface area contributed by atoms with Gasteiger partial charge in [0.05, 0.1) is 6.61 Å². The number of likely N-dealkylation sites (tertiary alicyclic amines) is 2. The van der Waals surface area contributed by atoms with Gasteiger partial charge in [0.2, 0.25) is 0 Å².